The number of benzene rings is 1. The normalized spacial score (nSPS) is 22.8. The second-order valence-corrected chi connectivity index (χ2v) is 5.83. The van der Waals surface area contributed by atoms with Gasteiger partial charge in [0.05, 0.1) is 13.2 Å². The Hall–Kier alpha value is -1.55. The predicted octanol–water partition coefficient (Wildman–Crippen LogP) is 1.65. The number of rotatable bonds is 4. The molecule has 4 nitrogen and oxygen atoms in total. The first-order valence-electron chi connectivity index (χ1n) is 7.37. The number of amides is 1. The van der Waals surface area contributed by atoms with Crippen molar-refractivity contribution in [2.45, 2.75) is 25.8 Å². The summed E-state index contributed by atoms with van der Waals surface area (Å²) in [4.78, 5) is 12.3. The fourth-order valence-electron chi connectivity index (χ4n) is 3.14. The Bertz CT molecular complexity index is 511. The third-order valence-corrected chi connectivity index (χ3v) is 4.70. The van der Waals surface area contributed by atoms with Crippen molar-refractivity contribution < 1.29 is 9.53 Å². The van der Waals surface area contributed by atoms with E-state index in [-0.39, 0.29) is 17.9 Å². The average Bonchev–Trinajstić information content (AvgIpc) is 2.80. The van der Waals surface area contributed by atoms with E-state index in [0.717, 1.165) is 31.7 Å². The van der Waals surface area contributed by atoms with Crippen molar-refractivity contribution in [3.63, 3.8) is 0 Å². The Morgan fingerprint density at radius 1 is 1.45 bits per heavy atom. The summed E-state index contributed by atoms with van der Waals surface area (Å²) in [7, 11) is 1.70. The van der Waals surface area contributed by atoms with E-state index < -0.39 is 0 Å². The molecule has 2 aliphatic rings. The number of carbonyl (C=O) groups excluding carboxylic acids is 1. The largest absolute Gasteiger partial charge is 0.496 e. The number of fused-ring (bicyclic) bond motifs is 1. The Kier molecular flexibility index (Phi) is 3.66. The molecule has 2 atom stereocenters. The summed E-state index contributed by atoms with van der Waals surface area (Å²) in [6, 6.07) is 6.24. The molecule has 108 valence electrons. The fraction of sp³-hybridized carbons (Fsp3) is 0.562. The SMILES string of the molecule is COc1cccc2c1CCC2NC(=O)C(C)C1CNC1. The second-order valence-electron chi connectivity index (χ2n) is 5.83. The zero-order chi connectivity index (χ0) is 14.1. The molecule has 1 aromatic carbocycles. The number of carbonyl (C=O) groups is 1. The van der Waals surface area contributed by atoms with Crippen molar-refractivity contribution in [2.24, 2.45) is 11.8 Å². The van der Waals surface area contributed by atoms with Gasteiger partial charge in [0.1, 0.15) is 5.75 Å². The standard InChI is InChI=1S/C16H22N2O2/c1-10(11-8-17-9-11)16(19)18-14-7-6-13-12(14)4-3-5-15(13)20-2/h3-5,10-11,14,17H,6-9H2,1-2H3,(H,18,19). The molecule has 0 saturated carbocycles. The summed E-state index contributed by atoms with van der Waals surface area (Å²) >= 11 is 0. The molecule has 0 radical (unpaired) electrons. The maximum absolute atomic E-state index is 12.3. The predicted molar refractivity (Wildman–Crippen MR) is 77.7 cm³/mol. The van der Waals surface area contributed by atoms with Crippen molar-refractivity contribution in [2.75, 3.05) is 20.2 Å². The van der Waals surface area contributed by atoms with Gasteiger partial charge in [-0.3, -0.25) is 4.79 Å². The third kappa shape index (κ3) is 2.29. The van der Waals surface area contributed by atoms with Crippen LogP contribution >= 0.6 is 0 Å². The highest BCUT2D eigenvalue weighted by molar-refractivity contribution is 5.79. The summed E-state index contributed by atoms with van der Waals surface area (Å²) < 4.78 is 5.40. The molecular formula is C16H22N2O2. The Morgan fingerprint density at radius 3 is 2.90 bits per heavy atom. The lowest BCUT2D eigenvalue weighted by Crippen LogP contribution is -2.49. The van der Waals surface area contributed by atoms with Gasteiger partial charge in [-0.2, -0.15) is 0 Å². The third-order valence-electron chi connectivity index (χ3n) is 4.70. The molecule has 2 N–H and O–H groups in total. The second kappa shape index (κ2) is 5.44. The molecule has 0 spiro atoms. The molecule has 3 rings (SSSR count). The molecule has 1 aromatic rings. The first-order chi connectivity index (χ1) is 9.70. The Labute approximate surface area is 119 Å². The minimum Gasteiger partial charge on any atom is -0.496 e. The van der Waals surface area contributed by atoms with Gasteiger partial charge in [0.2, 0.25) is 5.91 Å². The van der Waals surface area contributed by atoms with Crippen molar-refractivity contribution in [1.82, 2.24) is 10.6 Å². The monoisotopic (exact) mass is 274 g/mol. The maximum atomic E-state index is 12.3. The van der Waals surface area contributed by atoms with E-state index in [0.29, 0.717) is 5.92 Å². The van der Waals surface area contributed by atoms with Crippen LogP contribution in [0.5, 0.6) is 5.75 Å². The first kappa shape index (κ1) is 13.4. The van der Waals surface area contributed by atoms with Crippen LogP contribution in [-0.4, -0.2) is 26.1 Å². The topological polar surface area (TPSA) is 50.4 Å². The van der Waals surface area contributed by atoms with Gasteiger partial charge in [0.15, 0.2) is 0 Å². The van der Waals surface area contributed by atoms with Crippen LogP contribution in [-0.2, 0) is 11.2 Å². The van der Waals surface area contributed by atoms with Crippen LogP contribution in [0.1, 0.15) is 30.5 Å². The van der Waals surface area contributed by atoms with Crippen molar-refractivity contribution in [3.8, 4) is 5.75 Å². The van der Waals surface area contributed by atoms with Crippen LogP contribution in [0.25, 0.3) is 0 Å². The zero-order valence-corrected chi connectivity index (χ0v) is 12.1. The molecule has 1 heterocycles. The number of nitrogens with one attached hydrogen (secondary N) is 2. The number of ether oxygens (including phenoxy) is 1. The van der Waals surface area contributed by atoms with E-state index >= 15 is 0 Å². The Morgan fingerprint density at radius 2 is 2.25 bits per heavy atom. The van der Waals surface area contributed by atoms with Gasteiger partial charge in [0, 0.05) is 5.92 Å². The highest BCUT2D eigenvalue weighted by atomic mass is 16.5. The van der Waals surface area contributed by atoms with E-state index in [1.165, 1.54) is 11.1 Å². The lowest BCUT2D eigenvalue weighted by Gasteiger charge is -2.32. The summed E-state index contributed by atoms with van der Waals surface area (Å²) in [5.41, 5.74) is 2.47. The van der Waals surface area contributed by atoms with Crippen molar-refractivity contribution in [3.05, 3.63) is 29.3 Å². The number of methoxy groups -OCH3 is 1. The number of hydrogen-bond donors (Lipinski definition) is 2. The van der Waals surface area contributed by atoms with E-state index in [2.05, 4.69) is 16.7 Å². The van der Waals surface area contributed by atoms with Crippen LogP contribution in [0.3, 0.4) is 0 Å². The minimum atomic E-state index is 0.0888. The molecular weight excluding hydrogens is 252 g/mol. The van der Waals surface area contributed by atoms with Crippen LogP contribution in [0.2, 0.25) is 0 Å². The van der Waals surface area contributed by atoms with Gasteiger partial charge in [-0.05, 0) is 49.0 Å². The molecule has 1 saturated heterocycles. The van der Waals surface area contributed by atoms with E-state index in [4.69, 9.17) is 4.74 Å². The first-order valence-corrected chi connectivity index (χ1v) is 7.37. The van der Waals surface area contributed by atoms with E-state index in [1.54, 1.807) is 7.11 Å². The van der Waals surface area contributed by atoms with Gasteiger partial charge in [-0.1, -0.05) is 19.1 Å². The molecule has 2 unspecified atom stereocenters. The zero-order valence-electron chi connectivity index (χ0n) is 12.1. The molecule has 1 aliphatic carbocycles. The lowest BCUT2D eigenvalue weighted by atomic mass is 9.88. The summed E-state index contributed by atoms with van der Waals surface area (Å²) in [6.07, 6.45) is 1.95. The molecule has 0 aromatic heterocycles. The molecule has 20 heavy (non-hydrogen) atoms. The molecule has 4 heteroatoms. The van der Waals surface area contributed by atoms with Gasteiger partial charge < -0.3 is 15.4 Å². The molecule has 1 amide bonds. The summed E-state index contributed by atoms with van der Waals surface area (Å²) in [6.45, 7) is 3.95. The Balaban J connectivity index is 1.70. The fourth-order valence-corrected chi connectivity index (χ4v) is 3.14. The van der Waals surface area contributed by atoms with Gasteiger partial charge in [0.25, 0.3) is 0 Å². The highest BCUT2D eigenvalue weighted by Gasteiger charge is 2.32. The van der Waals surface area contributed by atoms with E-state index in [9.17, 15) is 4.79 Å². The van der Waals surface area contributed by atoms with Crippen LogP contribution in [0.15, 0.2) is 18.2 Å². The van der Waals surface area contributed by atoms with Crippen LogP contribution < -0.4 is 15.4 Å². The quantitative estimate of drug-likeness (QED) is 0.878. The van der Waals surface area contributed by atoms with Crippen molar-refractivity contribution >= 4 is 5.91 Å². The van der Waals surface area contributed by atoms with Gasteiger partial charge in [-0.25, -0.2) is 0 Å². The smallest absolute Gasteiger partial charge is 0.223 e. The summed E-state index contributed by atoms with van der Waals surface area (Å²) in [5, 5.41) is 6.44. The maximum Gasteiger partial charge on any atom is 0.223 e. The molecule has 1 fully saturated rings. The van der Waals surface area contributed by atoms with Crippen molar-refractivity contribution in [1.29, 1.82) is 0 Å². The number of hydrogen-bond acceptors (Lipinski definition) is 3. The molecule has 0 bridgehead atoms. The van der Waals surface area contributed by atoms with Gasteiger partial charge in [-0.15, -0.1) is 0 Å². The van der Waals surface area contributed by atoms with E-state index in [1.807, 2.05) is 19.1 Å². The molecule has 1 aliphatic heterocycles. The lowest BCUT2D eigenvalue weighted by molar-refractivity contribution is -0.127. The van der Waals surface area contributed by atoms with Crippen LogP contribution in [0, 0.1) is 11.8 Å². The van der Waals surface area contributed by atoms with Crippen LogP contribution in [0.4, 0.5) is 0 Å². The highest BCUT2D eigenvalue weighted by Crippen LogP contribution is 2.37. The van der Waals surface area contributed by atoms with Gasteiger partial charge >= 0.3 is 0 Å². The summed E-state index contributed by atoms with van der Waals surface area (Å²) in [5.74, 6) is 1.69. The minimum absolute atomic E-state index is 0.0888. The average molecular weight is 274 g/mol.